The van der Waals surface area contributed by atoms with Crippen LogP contribution in [0.15, 0.2) is 30.5 Å². The second-order valence-electron chi connectivity index (χ2n) is 4.02. The maximum absolute atomic E-state index is 11.6. The molecule has 0 aliphatic heterocycles. The zero-order valence-electron chi connectivity index (χ0n) is 10.4. The van der Waals surface area contributed by atoms with Gasteiger partial charge in [-0.1, -0.05) is 6.07 Å². The van der Waals surface area contributed by atoms with Crippen LogP contribution in [0.4, 0.5) is 0 Å². The first-order chi connectivity index (χ1) is 9.10. The number of pyridine rings is 1. The normalized spacial score (nSPS) is 12.5. The Morgan fingerprint density at radius 1 is 1.37 bits per heavy atom. The van der Waals surface area contributed by atoms with Gasteiger partial charge in [0.1, 0.15) is 0 Å². The van der Waals surface area contributed by atoms with Crippen LogP contribution in [0.3, 0.4) is 0 Å². The fourth-order valence-corrected chi connectivity index (χ4v) is 2.69. The topological polar surface area (TPSA) is 76.5 Å². The Labute approximate surface area is 111 Å². The van der Waals surface area contributed by atoms with Crippen molar-refractivity contribution in [1.82, 2.24) is 4.98 Å². The summed E-state index contributed by atoms with van der Waals surface area (Å²) in [6.07, 6.45) is 1.92. The van der Waals surface area contributed by atoms with Crippen molar-refractivity contribution in [2.75, 3.05) is 6.61 Å². The van der Waals surface area contributed by atoms with E-state index in [9.17, 15) is 9.36 Å². The van der Waals surface area contributed by atoms with Gasteiger partial charge >= 0.3 is 5.97 Å². The summed E-state index contributed by atoms with van der Waals surface area (Å²) in [5.41, 5.74) is 0.870. The van der Waals surface area contributed by atoms with Gasteiger partial charge in [-0.05, 0) is 30.5 Å². The van der Waals surface area contributed by atoms with E-state index in [1.165, 1.54) is 6.07 Å². The summed E-state index contributed by atoms with van der Waals surface area (Å²) < 4.78 is 16.6. The van der Waals surface area contributed by atoms with E-state index < -0.39 is 14.0 Å². The third kappa shape index (κ3) is 3.40. The van der Waals surface area contributed by atoms with Crippen molar-refractivity contribution in [2.45, 2.75) is 13.1 Å². The van der Waals surface area contributed by atoms with Gasteiger partial charge in [0, 0.05) is 11.6 Å². The van der Waals surface area contributed by atoms with Crippen molar-refractivity contribution in [2.24, 2.45) is 0 Å². The predicted molar refractivity (Wildman–Crippen MR) is 73.0 cm³/mol. The summed E-state index contributed by atoms with van der Waals surface area (Å²) >= 11 is 0. The Hall–Kier alpha value is -1.71. The Morgan fingerprint density at radius 2 is 2.16 bits per heavy atom. The van der Waals surface area contributed by atoms with Gasteiger partial charge in [0.2, 0.25) is 0 Å². The zero-order chi connectivity index (χ0) is 13.8. The molecule has 5 nitrogen and oxygen atoms in total. The van der Waals surface area contributed by atoms with Crippen molar-refractivity contribution in [1.29, 1.82) is 0 Å². The maximum Gasteiger partial charge on any atom is 0.335 e. The summed E-state index contributed by atoms with van der Waals surface area (Å²) in [7, 11) is -2.12. The molecule has 1 unspecified atom stereocenters. The van der Waals surface area contributed by atoms with Crippen molar-refractivity contribution in [3.8, 4) is 0 Å². The van der Waals surface area contributed by atoms with Gasteiger partial charge in [0.15, 0.2) is 8.03 Å². The Kier molecular flexibility index (Phi) is 4.30. The van der Waals surface area contributed by atoms with E-state index in [1.807, 2.05) is 0 Å². The van der Waals surface area contributed by atoms with Gasteiger partial charge < -0.3 is 9.63 Å². The van der Waals surface area contributed by atoms with Crippen LogP contribution in [-0.2, 0) is 15.3 Å². The number of benzene rings is 1. The molecule has 1 atom stereocenters. The molecule has 1 aromatic carbocycles. The highest BCUT2D eigenvalue weighted by molar-refractivity contribution is 7.38. The van der Waals surface area contributed by atoms with Crippen molar-refractivity contribution < 1.29 is 19.0 Å². The third-order valence-corrected chi connectivity index (χ3v) is 3.92. The molecule has 0 radical (unpaired) electrons. The number of rotatable bonds is 5. The molecular weight excluding hydrogens is 265 g/mol. The fraction of sp³-hybridized carbons (Fsp3) is 0.231. The number of hydrogen-bond acceptors (Lipinski definition) is 4. The maximum atomic E-state index is 11.6. The summed E-state index contributed by atoms with van der Waals surface area (Å²) in [6, 6.07) is 6.58. The van der Waals surface area contributed by atoms with Crippen molar-refractivity contribution in [3.05, 3.63) is 41.7 Å². The van der Waals surface area contributed by atoms with E-state index in [4.69, 9.17) is 9.63 Å². The Balaban J connectivity index is 2.32. The molecule has 0 fully saturated rings. The molecule has 1 aromatic heterocycles. The number of hydrogen-bond donors (Lipinski definition) is 1. The highest BCUT2D eigenvalue weighted by atomic mass is 31.1. The molecule has 0 amide bonds. The highest BCUT2D eigenvalue weighted by Gasteiger charge is 2.07. The van der Waals surface area contributed by atoms with Crippen LogP contribution in [0, 0.1) is 0 Å². The minimum Gasteiger partial charge on any atom is -0.478 e. The molecule has 1 N–H and O–H groups in total. The molecule has 0 bridgehead atoms. The number of nitrogens with zero attached hydrogens (tertiary/aromatic N) is 1. The molecule has 2 aromatic rings. The van der Waals surface area contributed by atoms with Crippen molar-refractivity contribution >= 4 is 24.8 Å². The number of carboxylic acids is 1. The average Bonchev–Trinajstić information content (AvgIpc) is 2.38. The van der Waals surface area contributed by atoms with Crippen LogP contribution in [-0.4, -0.2) is 22.7 Å². The van der Waals surface area contributed by atoms with Crippen molar-refractivity contribution in [3.63, 3.8) is 0 Å². The van der Waals surface area contributed by atoms with E-state index in [0.29, 0.717) is 12.3 Å². The second kappa shape index (κ2) is 5.95. The number of carbonyl (C=O) groups is 1. The lowest BCUT2D eigenvalue weighted by molar-refractivity contribution is 0.0697. The first-order valence-electron chi connectivity index (χ1n) is 5.87. The SMILES string of the molecule is CCO[PH](=O)Cc1cc2cc(C(=O)O)ccc2cn1. The molecule has 19 heavy (non-hydrogen) atoms. The minimum absolute atomic E-state index is 0.224. The summed E-state index contributed by atoms with van der Waals surface area (Å²) in [5.74, 6) is -0.969. The lowest BCUT2D eigenvalue weighted by atomic mass is 10.1. The van der Waals surface area contributed by atoms with Gasteiger partial charge in [0.05, 0.1) is 24.0 Å². The molecule has 0 aliphatic carbocycles. The van der Waals surface area contributed by atoms with E-state index >= 15 is 0 Å². The van der Waals surface area contributed by atoms with E-state index in [2.05, 4.69) is 4.98 Å². The van der Waals surface area contributed by atoms with Crippen LogP contribution in [0.1, 0.15) is 23.0 Å². The monoisotopic (exact) mass is 279 g/mol. The number of aromatic carboxylic acids is 1. The van der Waals surface area contributed by atoms with Crippen LogP contribution >= 0.6 is 8.03 Å². The lowest BCUT2D eigenvalue weighted by Gasteiger charge is -2.04. The smallest absolute Gasteiger partial charge is 0.335 e. The van der Waals surface area contributed by atoms with E-state index in [0.717, 1.165) is 10.8 Å². The number of fused-ring (bicyclic) bond motifs is 1. The van der Waals surface area contributed by atoms with Crippen LogP contribution in [0.5, 0.6) is 0 Å². The predicted octanol–water partition coefficient (Wildman–Crippen LogP) is 2.94. The van der Waals surface area contributed by atoms with Gasteiger partial charge in [-0.15, -0.1) is 0 Å². The standard InChI is InChI=1S/C13H14NO4P/c1-2-18-19(17)8-12-6-11-5-9(13(15)16)3-4-10(11)7-14-12/h3-7,19H,2,8H2,1H3,(H,15,16). The molecule has 0 spiro atoms. The molecule has 2 rings (SSSR count). The molecule has 0 saturated carbocycles. The summed E-state index contributed by atoms with van der Waals surface area (Å²) in [4.78, 5) is 15.1. The van der Waals surface area contributed by atoms with E-state index in [1.54, 1.807) is 31.3 Å². The molecule has 0 saturated heterocycles. The van der Waals surface area contributed by atoms with Gasteiger partial charge in [-0.25, -0.2) is 4.79 Å². The quantitative estimate of drug-likeness (QED) is 0.851. The van der Waals surface area contributed by atoms with Crippen LogP contribution in [0.2, 0.25) is 0 Å². The minimum atomic E-state index is -2.12. The first-order valence-corrected chi connectivity index (χ1v) is 7.40. The second-order valence-corrected chi connectivity index (χ2v) is 5.41. The highest BCUT2D eigenvalue weighted by Crippen LogP contribution is 2.28. The number of aromatic nitrogens is 1. The summed E-state index contributed by atoms with van der Waals surface area (Å²) in [6.45, 7) is 2.20. The van der Waals surface area contributed by atoms with Crippen LogP contribution < -0.4 is 0 Å². The van der Waals surface area contributed by atoms with Gasteiger partial charge in [-0.3, -0.25) is 9.55 Å². The first kappa shape index (κ1) is 13.7. The third-order valence-electron chi connectivity index (χ3n) is 2.66. The van der Waals surface area contributed by atoms with Crippen LogP contribution in [0.25, 0.3) is 10.8 Å². The molecule has 0 aliphatic rings. The molecule has 100 valence electrons. The van der Waals surface area contributed by atoms with Gasteiger partial charge in [0.25, 0.3) is 0 Å². The molecular formula is C13H14NO4P. The van der Waals surface area contributed by atoms with Gasteiger partial charge in [-0.2, -0.15) is 0 Å². The molecule has 6 heteroatoms. The molecule has 1 heterocycles. The average molecular weight is 279 g/mol. The Bertz CT molecular complexity index is 642. The largest absolute Gasteiger partial charge is 0.478 e. The van der Waals surface area contributed by atoms with E-state index in [-0.39, 0.29) is 11.7 Å². The lowest BCUT2D eigenvalue weighted by Crippen LogP contribution is -1.96. The Morgan fingerprint density at radius 3 is 2.84 bits per heavy atom. The fourth-order valence-electron chi connectivity index (χ4n) is 1.78. The zero-order valence-corrected chi connectivity index (χ0v) is 11.4. The number of carboxylic acid groups (broad SMARTS) is 1. The summed E-state index contributed by atoms with van der Waals surface area (Å²) in [5, 5.41) is 10.6.